The van der Waals surface area contributed by atoms with Crippen molar-refractivity contribution in [3.05, 3.63) is 48.9 Å². The number of thiazole rings is 1. The van der Waals surface area contributed by atoms with E-state index < -0.39 is 11.4 Å². The van der Waals surface area contributed by atoms with E-state index in [1.807, 2.05) is 42.2 Å². The molecule has 0 saturated carbocycles. The summed E-state index contributed by atoms with van der Waals surface area (Å²) >= 11 is 1.38. The molecular weight excluding hydrogens is 518 g/mol. The van der Waals surface area contributed by atoms with E-state index in [2.05, 4.69) is 30.6 Å². The maximum Gasteiger partial charge on any atom is 0.321 e. The molecule has 1 saturated heterocycles. The number of ketones is 1. The highest BCUT2D eigenvalue weighted by atomic mass is 32.1. The highest BCUT2D eigenvalue weighted by Gasteiger charge is 2.46. The first-order valence-corrected chi connectivity index (χ1v) is 13.2. The van der Waals surface area contributed by atoms with Gasteiger partial charge in [-0.2, -0.15) is 0 Å². The number of fused-ring (bicyclic) bond motifs is 1. The fourth-order valence-electron chi connectivity index (χ4n) is 4.54. The molecule has 4 aromatic rings. The minimum absolute atomic E-state index is 0.147. The number of anilines is 2. The van der Waals surface area contributed by atoms with Gasteiger partial charge in [-0.3, -0.25) is 19.9 Å². The van der Waals surface area contributed by atoms with Gasteiger partial charge in [-0.15, -0.1) is 0 Å². The van der Waals surface area contributed by atoms with Gasteiger partial charge in [0.2, 0.25) is 5.95 Å². The van der Waals surface area contributed by atoms with Crippen LogP contribution < -0.4 is 15.5 Å². The lowest BCUT2D eigenvalue weighted by Gasteiger charge is -2.36. The van der Waals surface area contributed by atoms with E-state index in [1.165, 1.54) is 18.4 Å². The summed E-state index contributed by atoms with van der Waals surface area (Å²) in [6.07, 6.45) is 5.35. The van der Waals surface area contributed by atoms with Gasteiger partial charge >= 0.3 is 12.0 Å². The molecule has 1 fully saturated rings. The summed E-state index contributed by atoms with van der Waals surface area (Å²) < 4.78 is 5.77. The van der Waals surface area contributed by atoms with Crippen molar-refractivity contribution < 1.29 is 19.1 Å². The maximum absolute atomic E-state index is 12.5. The lowest BCUT2D eigenvalue weighted by molar-refractivity contribution is -0.157. The van der Waals surface area contributed by atoms with Gasteiger partial charge in [0.25, 0.3) is 0 Å². The Morgan fingerprint density at radius 1 is 1.15 bits per heavy atom. The molecule has 0 spiro atoms. The van der Waals surface area contributed by atoms with Crippen LogP contribution in [0.4, 0.5) is 15.9 Å². The normalized spacial score (nSPS) is 17.2. The van der Waals surface area contributed by atoms with Crippen LogP contribution in [0.5, 0.6) is 0 Å². The molecule has 0 aliphatic carbocycles. The Labute approximate surface area is 228 Å². The second-order valence-electron chi connectivity index (χ2n) is 9.28. The number of carbonyl (C=O) groups is 3. The molecule has 1 aromatic carbocycles. The van der Waals surface area contributed by atoms with Gasteiger partial charge in [-0.1, -0.05) is 17.4 Å². The number of nitrogens with one attached hydrogen (secondary N) is 2. The zero-order chi connectivity index (χ0) is 27.6. The molecule has 0 bridgehead atoms. The van der Waals surface area contributed by atoms with Crippen LogP contribution in [0.3, 0.4) is 0 Å². The third-order valence-corrected chi connectivity index (χ3v) is 7.63. The van der Waals surface area contributed by atoms with Crippen molar-refractivity contribution in [2.24, 2.45) is 5.41 Å². The van der Waals surface area contributed by atoms with Crippen molar-refractivity contribution in [2.75, 3.05) is 37.0 Å². The summed E-state index contributed by atoms with van der Waals surface area (Å²) in [5.41, 5.74) is 2.68. The first kappa shape index (κ1) is 26.2. The van der Waals surface area contributed by atoms with Crippen molar-refractivity contribution in [2.45, 2.75) is 20.3 Å². The van der Waals surface area contributed by atoms with E-state index in [-0.39, 0.29) is 24.8 Å². The average molecular weight is 546 g/mol. The number of piperidine rings is 1. The zero-order valence-corrected chi connectivity index (χ0v) is 22.5. The monoisotopic (exact) mass is 545 g/mol. The van der Waals surface area contributed by atoms with Gasteiger partial charge in [0.1, 0.15) is 5.41 Å². The molecule has 0 radical (unpaired) electrons. The second-order valence-corrected chi connectivity index (χ2v) is 10.3. The lowest BCUT2D eigenvalue weighted by Crippen LogP contribution is -2.53. The second kappa shape index (κ2) is 10.7. The van der Waals surface area contributed by atoms with Crippen LogP contribution in [-0.4, -0.2) is 64.5 Å². The summed E-state index contributed by atoms with van der Waals surface area (Å²) in [4.78, 5) is 57.0. The highest BCUT2D eigenvalue weighted by molar-refractivity contribution is 7.22. The van der Waals surface area contributed by atoms with Crippen molar-refractivity contribution in [1.82, 2.24) is 25.3 Å². The van der Waals surface area contributed by atoms with Gasteiger partial charge in [-0.25, -0.2) is 19.7 Å². The third kappa shape index (κ3) is 5.15. The molecule has 12 heteroatoms. The lowest BCUT2D eigenvalue weighted by atomic mass is 9.80. The van der Waals surface area contributed by atoms with Crippen LogP contribution in [0, 0.1) is 5.41 Å². The zero-order valence-electron chi connectivity index (χ0n) is 21.7. The number of esters is 1. The number of carbonyl (C=O) groups excluding carboxylic acids is 3. The molecule has 2 amide bonds. The van der Waals surface area contributed by atoms with Crippen LogP contribution in [0.15, 0.2) is 48.9 Å². The van der Waals surface area contributed by atoms with E-state index in [4.69, 9.17) is 4.74 Å². The van der Waals surface area contributed by atoms with Crippen molar-refractivity contribution in [3.63, 3.8) is 0 Å². The van der Waals surface area contributed by atoms with E-state index in [1.54, 1.807) is 25.5 Å². The van der Waals surface area contributed by atoms with E-state index >= 15 is 0 Å². The molecule has 1 aliphatic rings. The van der Waals surface area contributed by atoms with Crippen molar-refractivity contribution >= 4 is 50.4 Å². The fourth-order valence-corrected chi connectivity index (χ4v) is 5.50. The molecule has 11 nitrogen and oxygen atoms in total. The Kier molecular flexibility index (Phi) is 7.20. The molecule has 3 aromatic heterocycles. The minimum atomic E-state index is -1.26. The largest absolute Gasteiger partial charge is 0.468 e. The van der Waals surface area contributed by atoms with Crippen LogP contribution in [0.25, 0.3) is 32.6 Å². The molecule has 1 unspecified atom stereocenters. The molecule has 5 rings (SSSR count). The Morgan fingerprint density at radius 3 is 2.64 bits per heavy atom. The van der Waals surface area contributed by atoms with Gasteiger partial charge in [0.05, 0.1) is 23.0 Å². The average Bonchev–Trinajstić information content (AvgIpc) is 3.36. The Bertz CT molecular complexity index is 1530. The van der Waals surface area contributed by atoms with Crippen molar-refractivity contribution in [1.29, 1.82) is 0 Å². The number of hydrogen-bond donors (Lipinski definition) is 2. The molecule has 1 atom stereocenters. The minimum Gasteiger partial charge on any atom is -0.468 e. The third-order valence-electron chi connectivity index (χ3n) is 6.61. The number of ether oxygens (including phenoxy) is 1. The molecule has 200 valence electrons. The quantitative estimate of drug-likeness (QED) is 0.273. The number of rotatable bonds is 6. The van der Waals surface area contributed by atoms with E-state index in [0.717, 1.165) is 27.1 Å². The number of methoxy groups -OCH3 is 1. The highest BCUT2D eigenvalue weighted by Crippen LogP contribution is 2.38. The number of urea groups is 1. The standard InChI is InChI=1S/C27H27N7O4S/c1-4-28-25(37)33-26-32-20-12-16(11-18(22(20)39-26)19-7-5-6-9-29-19)17-13-30-24(31-14-17)34-10-8-21(35)27(2,15-34)23(36)38-3/h5-7,9,11-14H,4,8,10,15H2,1-3H3,(H2,28,32,33,37). The van der Waals surface area contributed by atoms with Crippen LogP contribution in [0.1, 0.15) is 20.3 Å². The Morgan fingerprint density at radius 2 is 1.95 bits per heavy atom. The van der Waals surface area contributed by atoms with Crippen LogP contribution >= 0.6 is 11.3 Å². The molecule has 1 aliphatic heterocycles. The van der Waals surface area contributed by atoms with Gasteiger partial charge in [0.15, 0.2) is 10.9 Å². The molecule has 2 N–H and O–H groups in total. The Balaban J connectivity index is 1.49. The number of pyridine rings is 1. The fraction of sp³-hybridized carbons (Fsp3) is 0.296. The summed E-state index contributed by atoms with van der Waals surface area (Å²) in [5, 5.41) is 5.97. The predicted molar refractivity (Wildman–Crippen MR) is 149 cm³/mol. The van der Waals surface area contributed by atoms with Gasteiger partial charge < -0.3 is 15.0 Å². The summed E-state index contributed by atoms with van der Waals surface area (Å²) in [6.45, 7) is 4.51. The first-order chi connectivity index (χ1) is 18.8. The van der Waals surface area contributed by atoms with E-state index in [9.17, 15) is 14.4 Å². The van der Waals surface area contributed by atoms with E-state index in [0.29, 0.717) is 29.7 Å². The summed E-state index contributed by atoms with van der Waals surface area (Å²) in [6, 6.07) is 9.30. The number of benzene rings is 1. The number of hydrogen-bond acceptors (Lipinski definition) is 10. The predicted octanol–water partition coefficient (Wildman–Crippen LogP) is 3.92. The molecule has 39 heavy (non-hydrogen) atoms. The van der Waals surface area contributed by atoms with Crippen LogP contribution in [-0.2, 0) is 14.3 Å². The summed E-state index contributed by atoms with van der Waals surface area (Å²) in [5.74, 6) is -0.287. The topological polar surface area (TPSA) is 139 Å². The summed E-state index contributed by atoms with van der Waals surface area (Å²) in [7, 11) is 1.28. The SMILES string of the molecule is CCNC(=O)Nc1nc2cc(-c3cnc(N4CCC(=O)C(C)(C(=O)OC)C4)nc3)cc(-c3ccccn3)c2s1. The Hall–Kier alpha value is -4.45. The molecular formula is C27H27N7O4S. The molecule has 4 heterocycles. The first-order valence-electron chi connectivity index (χ1n) is 12.4. The maximum atomic E-state index is 12.5. The number of aromatic nitrogens is 4. The van der Waals surface area contributed by atoms with Gasteiger partial charge in [-0.05, 0) is 43.7 Å². The number of Topliss-reactive ketones (excluding diaryl/α,β-unsaturated/α-hetero) is 1. The number of nitrogens with zero attached hydrogens (tertiary/aromatic N) is 5. The van der Waals surface area contributed by atoms with Crippen molar-refractivity contribution in [3.8, 4) is 22.4 Å². The number of amides is 2. The van der Waals surface area contributed by atoms with Crippen LogP contribution in [0.2, 0.25) is 0 Å². The van der Waals surface area contributed by atoms with Gasteiger partial charge in [0, 0.05) is 55.8 Å². The smallest absolute Gasteiger partial charge is 0.321 e.